The fourth-order valence-electron chi connectivity index (χ4n) is 6.49. The number of nitrogens with zero attached hydrogens (tertiary/aromatic N) is 3. The Hall–Kier alpha value is -2.72. The van der Waals surface area contributed by atoms with E-state index < -0.39 is 35.3 Å². The Kier molecular flexibility index (Phi) is 9.96. The standard InChI is InChI=1S/C33H45F3N4O3/c1-32(2,3)43-31(41)29(26-19-24(34)20-38-28(26)27-11-5-7-18-42-27)40-17-14-23(21-40)33(35,36)15-6-4-10-25-13-12-22-9-8-16-37-30(22)39-25/h12-13,19-20,23,27,29H,4-11,14-18,21H2,1-3H3,(H,37,39)/t23-,27?,29?/m1/s1. The quantitative estimate of drug-likeness (QED) is 0.233. The minimum absolute atomic E-state index is 0.0104. The van der Waals surface area contributed by atoms with Gasteiger partial charge in [-0.3, -0.25) is 9.88 Å². The number of ether oxygens (including phenoxy) is 2. The number of hydrogen-bond donors (Lipinski definition) is 1. The highest BCUT2D eigenvalue weighted by Crippen LogP contribution is 2.42. The predicted molar refractivity (Wildman–Crippen MR) is 159 cm³/mol. The Morgan fingerprint density at radius 3 is 2.79 bits per heavy atom. The number of anilines is 1. The first-order valence-corrected chi connectivity index (χ1v) is 15.8. The summed E-state index contributed by atoms with van der Waals surface area (Å²) < 4.78 is 57.4. The molecular weight excluding hydrogens is 557 g/mol. The van der Waals surface area contributed by atoms with E-state index in [2.05, 4.69) is 21.4 Å². The lowest BCUT2D eigenvalue weighted by Crippen LogP contribution is -2.39. The highest BCUT2D eigenvalue weighted by atomic mass is 19.3. The molecule has 0 spiro atoms. The lowest BCUT2D eigenvalue weighted by Gasteiger charge is -2.33. The molecule has 7 nitrogen and oxygen atoms in total. The summed E-state index contributed by atoms with van der Waals surface area (Å²) in [6.07, 6.45) is 7.07. The summed E-state index contributed by atoms with van der Waals surface area (Å²) in [7, 11) is 0. The van der Waals surface area contributed by atoms with Crippen molar-refractivity contribution in [3.05, 3.63) is 52.7 Å². The number of unbranched alkanes of at least 4 members (excludes halogenated alkanes) is 1. The van der Waals surface area contributed by atoms with Gasteiger partial charge >= 0.3 is 5.97 Å². The van der Waals surface area contributed by atoms with Crippen LogP contribution < -0.4 is 5.32 Å². The van der Waals surface area contributed by atoms with Crippen molar-refractivity contribution < 1.29 is 27.4 Å². The number of aryl methyl sites for hydroxylation is 2. The van der Waals surface area contributed by atoms with E-state index in [1.54, 1.807) is 25.7 Å². The molecule has 5 heterocycles. The minimum Gasteiger partial charge on any atom is -0.459 e. The van der Waals surface area contributed by atoms with Crippen molar-refractivity contribution in [2.45, 2.75) is 109 Å². The number of pyridine rings is 2. The Labute approximate surface area is 252 Å². The van der Waals surface area contributed by atoms with Gasteiger partial charge in [-0.25, -0.2) is 22.9 Å². The van der Waals surface area contributed by atoms with Crippen molar-refractivity contribution in [2.24, 2.45) is 5.92 Å². The molecule has 0 radical (unpaired) electrons. The van der Waals surface area contributed by atoms with Crippen molar-refractivity contribution in [3.8, 4) is 0 Å². The third-order valence-electron chi connectivity index (χ3n) is 8.65. The molecule has 236 valence electrons. The first kappa shape index (κ1) is 31.7. The number of carbonyl (C=O) groups excluding carboxylic acids is 1. The molecule has 0 bridgehead atoms. The largest absolute Gasteiger partial charge is 0.459 e. The van der Waals surface area contributed by atoms with Crippen LogP contribution in [0.25, 0.3) is 0 Å². The monoisotopic (exact) mass is 602 g/mol. The van der Waals surface area contributed by atoms with Crippen LogP contribution in [0.4, 0.5) is 19.0 Å². The average Bonchev–Trinajstić information content (AvgIpc) is 3.46. The molecule has 3 atom stereocenters. The number of aromatic nitrogens is 2. The molecular formula is C33H45F3N4O3. The SMILES string of the molecule is CC(C)(C)OC(=O)C(c1cc(F)cnc1C1CCCCO1)N1CC[C@@H](C(F)(F)CCCCc2ccc3c(n2)NCCC3)C1. The number of nitrogens with one attached hydrogen (secondary N) is 1. The second-order valence-corrected chi connectivity index (χ2v) is 13.2. The molecule has 0 aromatic carbocycles. The number of halogens is 3. The molecule has 3 aliphatic rings. The highest BCUT2D eigenvalue weighted by molar-refractivity contribution is 5.78. The summed E-state index contributed by atoms with van der Waals surface area (Å²) in [5, 5.41) is 3.32. The third-order valence-corrected chi connectivity index (χ3v) is 8.65. The molecule has 0 amide bonds. The number of alkyl halides is 2. The van der Waals surface area contributed by atoms with E-state index in [9.17, 15) is 9.18 Å². The summed E-state index contributed by atoms with van der Waals surface area (Å²) >= 11 is 0. The zero-order valence-corrected chi connectivity index (χ0v) is 25.6. The fourth-order valence-corrected chi connectivity index (χ4v) is 6.49. The summed E-state index contributed by atoms with van der Waals surface area (Å²) in [6, 6.07) is 4.34. The van der Waals surface area contributed by atoms with E-state index in [0.29, 0.717) is 43.5 Å². The van der Waals surface area contributed by atoms with Crippen molar-refractivity contribution in [1.29, 1.82) is 0 Å². The number of rotatable bonds is 10. The van der Waals surface area contributed by atoms with Crippen LogP contribution in [0, 0.1) is 11.7 Å². The molecule has 1 N–H and O–H groups in total. The number of hydrogen-bond acceptors (Lipinski definition) is 7. The van der Waals surface area contributed by atoms with Crippen LogP contribution in [0.5, 0.6) is 0 Å². The molecule has 0 saturated carbocycles. The van der Waals surface area contributed by atoms with E-state index >= 15 is 8.78 Å². The molecule has 2 aromatic heterocycles. The molecule has 2 saturated heterocycles. The number of carbonyl (C=O) groups is 1. The summed E-state index contributed by atoms with van der Waals surface area (Å²) in [6.45, 7) is 7.02. The first-order chi connectivity index (χ1) is 20.5. The maximum absolute atomic E-state index is 15.6. The van der Waals surface area contributed by atoms with Crippen LogP contribution in [-0.4, -0.2) is 58.6 Å². The van der Waals surface area contributed by atoms with Gasteiger partial charge in [0.1, 0.15) is 23.3 Å². The zero-order valence-electron chi connectivity index (χ0n) is 25.6. The van der Waals surface area contributed by atoms with Crippen molar-refractivity contribution in [2.75, 3.05) is 31.6 Å². The lowest BCUT2D eigenvalue weighted by molar-refractivity contribution is -0.162. The van der Waals surface area contributed by atoms with Crippen LogP contribution in [0.15, 0.2) is 24.4 Å². The molecule has 2 fully saturated rings. The molecule has 0 aliphatic carbocycles. The molecule has 2 unspecified atom stereocenters. The van der Waals surface area contributed by atoms with Crippen LogP contribution in [-0.2, 0) is 27.1 Å². The molecule has 3 aliphatic heterocycles. The van der Waals surface area contributed by atoms with Crippen LogP contribution in [0.3, 0.4) is 0 Å². The average molecular weight is 603 g/mol. The van der Waals surface area contributed by atoms with Crippen LogP contribution >= 0.6 is 0 Å². The smallest absolute Gasteiger partial charge is 0.328 e. The van der Waals surface area contributed by atoms with Crippen molar-refractivity contribution in [3.63, 3.8) is 0 Å². The normalized spacial score (nSPS) is 22.1. The summed E-state index contributed by atoms with van der Waals surface area (Å²) in [4.78, 5) is 24.4. The lowest BCUT2D eigenvalue weighted by atomic mass is 9.94. The number of likely N-dealkylation sites (tertiary alicyclic amines) is 1. The Morgan fingerprint density at radius 1 is 1.19 bits per heavy atom. The van der Waals surface area contributed by atoms with Gasteiger partial charge in [0.05, 0.1) is 18.0 Å². The second kappa shape index (κ2) is 13.5. The second-order valence-electron chi connectivity index (χ2n) is 13.2. The third kappa shape index (κ3) is 8.06. The van der Waals surface area contributed by atoms with Gasteiger partial charge in [0.2, 0.25) is 0 Å². The van der Waals surface area contributed by atoms with Gasteiger partial charge in [-0.1, -0.05) is 6.07 Å². The number of esters is 1. The van der Waals surface area contributed by atoms with Crippen LogP contribution in [0.2, 0.25) is 0 Å². The first-order valence-electron chi connectivity index (χ1n) is 15.8. The minimum atomic E-state index is -2.90. The molecule has 5 rings (SSSR count). The maximum Gasteiger partial charge on any atom is 0.328 e. The summed E-state index contributed by atoms with van der Waals surface area (Å²) in [5.41, 5.74) is 2.16. The van der Waals surface area contributed by atoms with Crippen molar-refractivity contribution in [1.82, 2.24) is 14.9 Å². The zero-order chi connectivity index (χ0) is 30.6. The van der Waals surface area contributed by atoms with Gasteiger partial charge in [0.15, 0.2) is 0 Å². The summed E-state index contributed by atoms with van der Waals surface area (Å²) in [5.74, 6) is -4.07. The predicted octanol–water partition coefficient (Wildman–Crippen LogP) is 6.97. The topological polar surface area (TPSA) is 76.6 Å². The van der Waals surface area contributed by atoms with E-state index in [4.69, 9.17) is 9.47 Å². The van der Waals surface area contributed by atoms with E-state index in [1.165, 1.54) is 11.6 Å². The van der Waals surface area contributed by atoms with Gasteiger partial charge in [-0.15, -0.1) is 0 Å². The molecule has 43 heavy (non-hydrogen) atoms. The van der Waals surface area contributed by atoms with E-state index in [-0.39, 0.29) is 32.0 Å². The maximum atomic E-state index is 15.6. The molecule has 10 heteroatoms. The van der Waals surface area contributed by atoms with E-state index in [1.807, 2.05) is 6.07 Å². The van der Waals surface area contributed by atoms with Gasteiger partial charge in [-0.05, 0) is 103 Å². The molecule has 2 aromatic rings. The Morgan fingerprint density at radius 2 is 2.02 bits per heavy atom. The Balaban J connectivity index is 1.26. The highest BCUT2D eigenvalue weighted by Gasteiger charge is 2.47. The van der Waals surface area contributed by atoms with Gasteiger partial charge < -0.3 is 14.8 Å². The number of fused-ring (bicyclic) bond motifs is 1. The fraction of sp³-hybridized carbons (Fsp3) is 0.667. The van der Waals surface area contributed by atoms with Gasteiger partial charge in [0.25, 0.3) is 5.92 Å². The Bertz CT molecular complexity index is 1260. The van der Waals surface area contributed by atoms with Gasteiger partial charge in [-0.2, -0.15) is 0 Å². The van der Waals surface area contributed by atoms with Gasteiger partial charge in [0, 0.05) is 43.3 Å². The van der Waals surface area contributed by atoms with Crippen LogP contribution in [0.1, 0.15) is 107 Å². The van der Waals surface area contributed by atoms with E-state index in [0.717, 1.165) is 49.9 Å². The van der Waals surface area contributed by atoms with Crippen molar-refractivity contribution >= 4 is 11.8 Å².